The molecule has 23 heavy (non-hydrogen) atoms. The van der Waals surface area contributed by atoms with Crippen LogP contribution in [0.1, 0.15) is 18.4 Å². The van der Waals surface area contributed by atoms with E-state index in [9.17, 15) is 9.90 Å². The van der Waals surface area contributed by atoms with Gasteiger partial charge in [-0.15, -0.1) is 0 Å². The van der Waals surface area contributed by atoms with Crippen molar-refractivity contribution in [1.29, 1.82) is 0 Å². The first-order chi connectivity index (χ1) is 11.1. The summed E-state index contributed by atoms with van der Waals surface area (Å²) in [6.07, 6.45) is 6.87. The van der Waals surface area contributed by atoms with Gasteiger partial charge < -0.3 is 15.0 Å². The van der Waals surface area contributed by atoms with Crippen molar-refractivity contribution in [2.24, 2.45) is 7.05 Å². The van der Waals surface area contributed by atoms with Crippen LogP contribution in [0, 0.1) is 0 Å². The van der Waals surface area contributed by atoms with E-state index in [-0.39, 0.29) is 5.91 Å². The minimum absolute atomic E-state index is 0.162. The molecule has 0 bridgehead atoms. The standard InChI is InChI=1S/C18H22N2O2S/c1-20-12-14(15-4-2-3-5-16(15)20)6-7-17(21)19-13-18(22)8-10-23-11-9-18/h2-7,12,22H,8-11,13H2,1H3,(H,19,21)/b7-6+. The van der Waals surface area contributed by atoms with Gasteiger partial charge in [-0.05, 0) is 36.5 Å². The van der Waals surface area contributed by atoms with Gasteiger partial charge in [0, 0.05) is 42.3 Å². The summed E-state index contributed by atoms with van der Waals surface area (Å²) in [5.74, 6) is 1.75. The smallest absolute Gasteiger partial charge is 0.244 e. The van der Waals surface area contributed by atoms with E-state index in [2.05, 4.69) is 22.0 Å². The highest BCUT2D eigenvalue weighted by molar-refractivity contribution is 7.99. The lowest BCUT2D eigenvalue weighted by molar-refractivity contribution is -0.117. The molecule has 1 aliphatic heterocycles. The van der Waals surface area contributed by atoms with Gasteiger partial charge >= 0.3 is 0 Å². The normalized spacial score (nSPS) is 17.7. The largest absolute Gasteiger partial charge is 0.388 e. The molecular weight excluding hydrogens is 308 g/mol. The third-order valence-corrected chi connectivity index (χ3v) is 5.34. The second-order valence-electron chi connectivity index (χ2n) is 6.10. The summed E-state index contributed by atoms with van der Waals surface area (Å²) in [5.41, 5.74) is 1.42. The Morgan fingerprint density at radius 1 is 1.39 bits per heavy atom. The molecule has 1 amide bonds. The first-order valence-corrected chi connectivity index (χ1v) is 9.03. The average Bonchev–Trinajstić information content (AvgIpc) is 2.89. The van der Waals surface area contributed by atoms with Gasteiger partial charge in [-0.1, -0.05) is 18.2 Å². The third kappa shape index (κ3) is 3.79. The first kappa shape index (κ1) is 16.1. The molecule has 0 unspecified atom stereocenters. The van der Waals surface area contributed by atoms with E-state index in [1.807, 2.05) is 43.2 Å². The van der Waals surface area contributed by atoms with Gasteiger partial charge in [-0.3, -0.25) is 4.79 Å². The number of aromatic nitrogens is 1. The van der Waals surface area contributed by atoms with E-state index in [1.54, 1.807) is 6.08 Å². The number of nitrogens with one attached hydrogen (secondary N) is 1. The molecule has 3 rings (SSSR count). The number of rotatable bonds is 4. The number of carbonyl (C=O) groups is 1. The lowest BCUT2D eigenvalue weighted by Crippen LogP contribution is -2.44. The van der Waals surface area contributed by atoms with Crippen LogP contribution >= 0.6 is 11.8 Å². The predicted octanol–water partition coefficient (Wildman–Crippen LogP) is 2.57. The Kier molecular flexibility index (Phi) is 4.78. The van der Waals surface area contributed by atoms with E-state index in [0.29, 0.717) is 6.54 Å². The zero-order valence-electron chi connectivity index (χ0n) is 13.3. The molecule has 0 saturated carbocycles. The van der Waals surface area contributed by atoms with Crippen LogP contribution in [0.25, 0.3) is 17.0 Å². The number of para-hydroxylation sites is 1. The molecule has 1 aromatic carbocycles. The highest BCUT2D eigenvalue weighted by Gasteiger charge is 2.29. The molecule has 4 nitrogen and oxygen atoms in total. The lowest BCUT2D eigenvalue weighted by atomic mass is 9.97. The Bertz CT molecular complexity index is 730. The van der Waals surface area contributed by atoms with Crippen molar-refractivity contribution in [2.45, 2.75) is 18.4 Å². The van der Waals surface area contributed by atoms with Crippen LogP contribution < -0.4 is 5.32 Å². The Labute approximate surface area is 140 Å². The molecule has 122 valence electrons. The summed E-state index contributed by atoms with van der Waals surface area (Å²) < 4.78 is 2.05. The number of carbonyl (C=O) groups excluding carboxylic acids is 1. The van der Waals surface area contributed by atoms with E-state index in [4.69, 9.17) is 0 Å². The molecule has 2 heterocycles. The molecule has 0 aliphatic carbocycles. The number of hydrogen-bond acceptors (Lipinski definition) is 3. The van der Waals surface area contributed by atoms with Gasteiger partial charge in [-0.2, -0.15) is 11.8 Å². The lowest BCUT2D eigenvalue weighted by Gasteiger charge is -2.31. The van der Waals surface area contributed by atoms with Gasteiger partial charge in [0.1, 0.15) is 0 Å². The van der Waals surface area contributed by atoms with Crippen LogP contribution in [-0.4, -0.2) is 39.2 Å². The number of fused-ring (bicyclic) bond motifs is 1. The van der Waals surface area contributed by atoms with Crippen molar-refractivity contribution >= 4 is 34.6 Å². The minimum atomic E-state index is -0.742. The summed E-state index contributed by atoms with van der Waals surface area (Å²) in [6.45, 7) is 0.326. The Hall–Kier alpha value is -1.72. The van der Waals surface area contributed by atoms with Gasteiger partial charge in [0.05, 0.1) is 5.60 Å². The van der Waals surface area contributed by atoms with E-state index in [1.165, 1.54) is 0 Å². The number of thioether (sulfide) groups is 1. The van der Waals surface area contributed by atoms with E-state index < -0.39 is 5.60 Å². The molecule has 1 saturated heterocycles. The second-order valence-corrected chi connectivity index (χ2v) is 7.33. The minimum Gasteiger partial charge on any atom is -0.388 e. The molecule has 0 atom stereocenters. The van der Waals surface area contributed by atoms with Crippen molar-refractivity contribution in [1.82, 2.24) is 9.88 Å². The van der Waals surface area contributed by atoms with Crippen molar-refractivity contribution in [3.05, 3.63) is 42.1 Å². The zero-order valence-corrected chi connectivity index (χ0v) is 14.1. The molecule has 0 radical (unpaired) electrons. The molecule has 5 heteroatoms. The van der Waals surface area contributed by atoms with E-state index in [0.717, 1.165) is 40.8 Å². The summed E-state index contributed by atoms with van der Waals surface area (Å²) in [6, 6.07) is 8.11. The highest BCUT2D eigenvalue weighted by Crippen LogP contribution is 2.26. The SMILES string of the molecule is Cn1cc(/C=C/C(=O)NCC2(O)CCSCC2)c2ccccc21. The van der Waals surface area contributed by atoms with Crippen molar-refractivity contribution in [3.63, 3.8) is 0 Å². The van der Waals surface area contributed by atoms with Gasteiger partial charge in [-0.25, -0.2) is 0 Å². The maximum atomic E-state index is 12.0. The van der Waals surface area contributed by atoms with Crippen LogP contribution in [0.3, 0.4) is 0 Å². The fraction of sp³-hybridized carbons (Fsp3) is 0.389. The summed E-state index contributed by atoms with van der Waals surface area (Å²) in [7, 11) is 2.00. The molecule has 2 aromatic rings. The van der Waals surface area contributed by atoms with Crippen LogP contribution in [-0.2, 0) is 11.8 Å². The Morgan fingerprint density at radius 2 is 2.13 bits per heavy atom. The van der Waals surface area contributed by atoms with Crippen molar-refractivity contribution in [2.75, 3.05) is 18.1 Å². The maximum Gasteiger partial charge on any atom is 0.244 e. The molecule has 1 aromatic heterocycles. The van der Waals surface area contributed by atoms with Crippen LogP contribution in [0.5, 0.6) is 0 Å². The number of nitrogens with zero attached hydrogens (tertiary/aromatic N) is 1. The fourth-order valence-corrected chi connectivity index (χ4v) is 4.16. The molecular formula is C18H22N2O2S. The van der Waals surface area contributed by atoms with Gasteiger partial charge in [0.15, 0.2) is 0 Å². The summed E-state index contributed by atoms with van der Waals surface area (Å²) >= 11 is 1.85. The highest BCUT2D eigenvalue weighted by atomic mass is 32.2. The number of hydrogen-bond donors (Lipinski definition) is 2. The monoisotopic (exact) mass is 330 g/mol. The van der Waals surface area contributed by atoms with Crippen molar-refractivity contribution in [3.8, 4) is 0 Å². The number of aliphatic hydroxyl groups is 1. The third-order valence-electron chi connectivity index (χ3n) is 4.36. The van der Waals surface area contributed by atoms with Crippen molar-refractivity contribution < 1.29 is 9.90 Å². The van der Waals surface area contributed by atoms with E-state index >= 15 is 0 Å². The molecule has 2 N–H and O–H groups in total. The quantitative estimate of drug-likeness (QED) is 0.847. The molecule has 1 aliphatic rings. The summed E-state index contributed by atoms with van der Waals surface area (Å²) in [5, 5.41) is 14.3. The molecule has 1 fully saturated rings. The predicted molar refractivity (Wildman–Crippen MR) is 96.5 cm³/mol. The summed E-state index contributed by atoms with van der Waals surface area (Å²) in [4.78, 5) is 12.0. The van der Waals surface area contributed by atoms with Crippen LogP contribution in [0.4, 0.5) is 0 Å². The topological polar surface area (TPSA) is 54.3 Å². The van der Waals surface area contributed by atoms with Gasteiger partial charge in [0.25, 0.3) is 0 Å². The van der Waals surface area contributed by atoms with Gasteiger partial charge in [0.2, 0.25) is 5.91 Å². The number of benzene rings is 1. The molecule has 0 spiro atoms. The Balaban J connectivity index is 1.64. The average molecular weight is 330 g/mol. The number of amides is 1. The zero-order chi connectivity index (χ0) is 16.3. The fourth-order valence-electron chi connectivity index (χ4n) is 2.91. The maximum absolute atomic E-state index is 12.0. The second kappa shape index (κ2) is 6.81. The number of aryl methyl sites for hydroxylation is 1. The van der Waals surface area contributed by atoms with Crippen LogP contribution in [0.15, 0.2) is 36.5 Å². The first-order valence-electron chi connectivity index (χ1n) is 7.88. The Morgan fingerprint density at radius 3 is 2.91 bits per heavy atom. The van der Waals surface area contributed by atoms with Crippen LogP contribution in [0.2, 0.25) is 0 Å².